The third kappa shape index (κ3) is 11.9. The van der Waals surface area contributed by atoms with E-state index in [2.05, 4.69) is 10.6 Å². The maximum absolute atomic E-state index is 14.5. The number of hydrogen-bond donors (Lipinski definition) is 3. The van der Waals surface area contributed by atoms with E-state index in [1.165, 1.54) is 5.06 Å². The maximum Gasteiger partial charge on any atom is 0.272 e. The molecule has 2 saturated heterocycles. The highest BCUT2D eigenvalue weighted by atomic mass is 16.7. The third-order valence-electron chi connectivity index (χ3n) is 13.7. The SMILES string of the molecule is CCC(C)C(C(CC(=O)N1CCC[C@H]1C(OC)C(C)C(=O)N[C@@]1(C(=O)N2CCCCO2)C[C@@H]1c1ccccc1)OC)N(C)C(=O)C(NC(=O)C(C(C)C)N(C)CCCN)C(C)C. The van der Waals surface area contributed by atoms with E-state index >= 15 is 0 Å². The zero-order chi connectivity index (χ0) is 45.9. The fourth-order valence-corrected chi connectivity index (χ4v) is 9.86. The summed E-state index contributed by atoms with van der Waals surface area (Å²) in [5.74, 6) is -2.31. The molecule has 62 heavy (non-hydrogen) atoms. The third-order valence-corrected chi connectivity index (χ3v) is 13.7. The fraction of sp³-hybridized carbons (Fsp3) is 0.766. The monoisotopic (exact) mass is 870 g/mol. The Bertz CT molecular complexity index is 1630. The van der Waals surface area contributed by atoms with Gasteiger partial charge in [0.15, 0.2) is 0 Å². The molecule has 0 aromatic heterocycles. The number of nitrogens with two attached hydrogens (primary N) is 1. The van der Waals surface area contributed by atoms with Crippen LogP contribution in [0.15, 0.2) is 30.3 Å². The molecule has 2 aliphatic heterocycles. The van der Waals surface area contributed by atoms with Gasteiger partial charge in [-0.2, -0.15) is 0 Å². The number of benzene rings is 1. The minimum atomic E-state index is -1.14. The number of nitrogens with zero attached hydrogens (tertiary/aromatic N) is 4. The number of ether oxygens (including phenoxy) is 2. The second-order valence-corrected chi connectivity index (χ2v) is 18.7. The molecule has 4 rings (SSSR count). The van der Waals surface area contributed by atoms with Crippen molar-refractivity contribution in [3.8, 4) is 0 Å². The summed E-state index contributed by atoms with van der Waals surface area (Å²) in [5, 5.41) is 7.67. The molecule has 3 aliphatic rings. The lowest BCUT2D eigenvalue weighted by Gasteiger charge is -2.41. The van der Waals surface area contributed by atoms with Crippen molar-refractivity contribution in [2.45, 2.75) is 148 Å². The van der Waals surface area contributed by atoms with Gasteiger partial charge in [-0.3, -0.25) is 33.7 Å². The van der Waals surface area contributed by atoms with E-state index in [0.29, 0.717) is 45.6 Å². The van der Waals surface area contributed by atoms with Crippen LogP contribution < -0.4 is 16.4 Å². The quantitative estimate of drug-likeness (QED) is 0.146. The second kappa shape index (κ2) is 23.3. The molecule has 3 fully saturated rings. The Hall–Kier alpha value is -3.63. The molecule has 1 saturated carbocycles. The van der Waals surface area contributed by atoms with Crippen molar-refractivity contribution in [1.29, 1.82) is 0 Å². The molecule has 1 aliphatic carbocycles. The topological polar surface area (TPSA) is 176 Å². The van der Waals surface area contributed by atoms with Gasteiger partial charge in [0.05, 0.1) is 49.3 Å². The molecule has 1 aromatic rings. The highest BCUT2D eigenvalue weighted by Crippen LogP contribution is 2.53. The number of likely N-dealkylation sites (N-methyl/N-ethyl adjacent to an activating group) is 2. The molecule has 0 radical (unpaired) electrons. The fourth-order valence-electron chi connectivity index (χ4n) is 9.86. The molecule has 15 heteroatoms. The van der Waals surface area contributed by atoms with Gasteiger partial charge in [-0.05, 0) is 82.0 Å². The molecule has 1 aromatic carbocycles. The Kier molecular flexibility index (Phi) is 19.2. The number of methoxy groups -OCH3 is 2. The van der Waals surface area contributed by atoms with Gasteiger partial charge in [0.25, 0.3) is 5.91 Å². The van der Waals surface area contributed by atoms with Gasteiger partial charge in [-0.1, -0.05) is 85.2 Å². The summed E-state index contributed by atoms with van der Waals surface area (Å²) in [4.78, 5) is 82.4. The van der Waals surface area contributed by atoms with Gasteiger partial charge in [0.2, 0.25) is 23.6 Å². The number of carbonyl (C=O) groups excluding carboxylic acids is 5. The van der Waals surface area contributed by atoms with E-state index in [1.54, 1.807) is 38.0 Å². The maximum atomic E-state index is 14.5. The minimum Gasteiger partial charge on any atom is -0.379 e. The molecule has 0 bridgehead atoms. The van der Waals surface area contributed by atoms with Crippen molar-refractivity contribution >= 4 is 29.5 Å². The van der Waals surface area contributed by atoms with Crippen LogP contribution in [0.25, 0.3) is 0 Å². The van der Waals surface area contributed by atoms with Gasteiger partial charge in [-0.15, -0.1) is 0 Å². The number of likely N-dealkylation sites (tertiary alicyclic amines) is 1. The number of amides is 5. The van der Waals surface area contributed by atoms with Gasteiger partial charge >= 0.3 is 0 Å². The smallest absolute Gasteiger partial charge is 0.272 e. The lowest BCUT2D eigenvalue weighted by Crippen LogP contribution is -2.60. The van der Waals surface area contributed by atoms with Gasteiger partial charge in [0.1, 0.15) is 11.6 Å². The largest absolute Gasteiger partial charge is 0.379 e. The predicted octanol–water partition coefficient (Wildman–Crippen LogP) is 3.95. The Labute approximate surface area is 371 Å². The van der Waals surface area contributed by atoms with Crippen molar-refractivity contribution in [2.75, 3.05) is 61.1 Å². The Balaban J connectivity index is 1.50. The molecule has 5 amide bonds. The van der Waals surface area contributed by atoms with Crippen LogP contribution in [0.4, 0.5) is 0 Å². The highest BCUT2D eigenvalue weighted by Gasteiger charge is 2.64. The zero-order valence-corrected chi connectivity index (χ0v) is 39.6. The Morgan fingerprint density at radius 2 is 1.63 bits per heavy atom. The van der Waals surface area contributed by atoms with Crippen LogP contribution in [0.5, 0.6) is 0 Å². The lowest BCUT2D eigenvalue weighted by atomic mass is 9.89. The molecular weight excluding hydrogens is 791 g/mol. The second-order valence-electron chi connectivity index (χ2n) is 18.7. The Morgan fingerprint density at radius 1 is 0.935 bits per heavy atom. The predicted molar refractivity (Wildman–Crippen MR) is 239 cm³/mol. The summed E-state index contributed by atoms with van der Waals surface area (Å²) in [6.07, 6.45) is 3.71. The van der Waals surface area contributed by atoms with E-state index in [4.69, 9.17) is 20.0 Å². The zero-order valence-electron chi connectivity index (χ0n) is 39.6. The molecule has 15 nitrogen and oxygen atoms in total. The van der Waals surface area contributed by atoms with Crippen molar-refractivity contribution < 1.29 is 38.3 Å². The molecular formula is C47H79N7O8. The van der Waals surface area contributed by atoms with E-state index in [9.17, 15) is 24.0 Å². The number of hydroxylamine groups is 2. The van der Waals surface area contributed by atoms with Gasteiger partial charge in [-0.25, -0.2) is 5.06 Å². The Morgan fingerprint density at radius 3 is 2.19 bits per heavy atom. The summed E-state index contributed by atoms with van der Waals surface area (Å²) < 4.78 is 12.2. The van der Waals surface area contributed by atoms with Crippen LogP contribution in [-0.2, 0) is 38.3 Å². The first-order valence-electron chi connectivity index (χ1n) is 23.1. The first-order valence-corrected chi connectivity index (χ1v) is 23.1. The number of nitrogens with one attached hydrogen (secondary N) is 2. The summed E-state index contributed by atoms with van der Waals surface area (Å²) in [6, 6.07) is 7.64. The normalized spacial score (nSPS) is 23.7. The first-order chi connectivity index (χ1) is 29.5. The minimum absolute atomic E-state index is 0.00288. The summed E-state index contributed by atoms with van der Waals surface area (Å²) >= 11 is 0. The summed E-state index contributed by atoms with van der Waals surface area (Å²) in [7, 11) is 6.77. The van der Waals surface area contributed by atoms with Crippen LogP contribution in [-0.4, -0.2) is 152 Å². The average Bonchev–Trinajstić information content (AvgIpc) is 3.79. The van der Waals surface area contributed by atoms with Crippen LogP contribution in [0.1, 0.15) is 111 Å². The van der Waals surface area contributed by atoms with Gasteiger partial charge in [0, 0.05) is 40.3 Å². The first kappa shape index (κ1) is 51.0. The summed E-state index contributed by atoms with van der Waals surface area (Å²) in [5.41, 5.74) is 5.60. The van der Waals surface area contributed by atoms with Crippen molar-refractivity contribution in [3.05, 3.63) is 35.9 Å². The molecule has 4 N–H and O–H groups in total. The van der Waals surface area contributed by atoms with Crippen molar-refractivity contribution in [3.63, 3.8) is 0 Å². The van der Waals surface area contributed by atoms with Crippen molar-refractivity contribution in [2.24, 2.45) is 29.4 Å². The van der Waals surface area contributed by atoms with E-state index in [0.717, 1.165) is 37.7 Å². The average molecular weight is 870 g/mol. The van der Waals surface area contributed by atoms with E-state index in [1.807, 2.05) is 83.8 Å². The number of hydrogen-bond acceptors (Lipinski definition) is 10. The summed E-state index contributed by atoms with van der Waals surface area (Å²) in [6.45, 7) is 16.3. The van der Waals surface area contributed by atoms with E-state index in [-0.39, 0.29) is 59.6 Å². The highest BCUT2D eigenvalue weighted by molar-refractivity contribution is 5.96. The molecule has 7 unspecified atom stereocenters. The molecule has 2 heterocycles. The van der Waals surface area contributed by atoms with Gasteiger partial charge < -0.3 is 35.6 Å². The van der Waals surface area contributed by atoms with Crippen LogP contribution in [0.2, 0.25) is 0 Å². The number of rotatable bonds is 23. The van der Waals surface area contributed by atoms with Crippen LogP contribution >= 0.6 is 0 Å². The van der Waals surface area contributed by atoms with Crippen molar-refractivity contribution in [1.82, 2.24) is 30.4 Å². The molecule has 350 valence electrons. The van der Waals surface area contributed by atoms with Crippen LogP contribution in [0, 0.1) is 23.7 Å². The molecule has 0 spiro atoms. The molecule has 10 atom stereocenters. The van der Waals surface area contributed by atoms with Crippen LogP contribution in [0.3, 0.4) is 0 Å². The lowest BCUT2D eigenvalue weighted by molar-refractivity contribution is -0.200. The van der Waals surface area contributed by atoms with E-state index < -0.39 is 47.8 Å². The number of carbonyl (C=O) groups is 5. The standard InChI is InChI=1S/C47H79N7O8/c1-12-32(6)41(52(9)45(58)39(30(2)3)49-44(57)40(31(4)5)51(8)24-19-23-48)37(60-10)28-38(55)53-25-18-22-36(53)42(61-11)33(7)43(56)50-47(46(59)54-26-16-17-27-62-54)29-35(47)34-20-14-13-15-21-34/h13-15,20-21,30-33,35-37,39-42H,12,16-19,22-29,48H2,1-11H3,(H,49,57)(H,50,56)/t32?,33?,35-,36+,37?,39?,40?,41?,42?,47+/m1/s1.